The number of aliphatic hydroxyl groups is 1. The minimum atomic E-state index is -0.516. The summed E-state index contributed by atoms with van der Waals surface area (Å²) >= 11 is 0. The topological polar surface area (TPSA) is 41.5 Å². The minimum absolute atomic E-state index is 0.327. The van der Waals surface area contributed by atoms with Gasteiger partial charge in [-0.1, -0.05) is 18.2 Å². The van der Waals surface area contributed by atoms with Gasteiger partial charge in [0.05, 0.1) is 13.2 Å². The van der Waals surface area contributed by atoms with Gasteiger partial charge in [0.2, 0.25) is 0 Å². The third-order valence-electron chi connectivity index (χ3n) is 2.66. The summed E-state index contributed by atoms with van der Waals surface area (Å²) in [6.07, 6.45) is 2.25. The molecule has 94 valence electrons. The third-order valence-corrected chi connectivity index (χ3v) is 2.66. The van der Waals surface area contributed by atoms with Crippen LogP contribution in [0.5, 0.6) is 5.75 Å². The van der Waals surface area contributed by atoms with Crippen LogP contribution in [0.3, 0.4) is 0 Å². The summed E-state index contributed by atoms with van der Waals surface area (Å²) < 4.78 is 5.12. The Balaban J connectivity index is 2.51. The van der Waals surface area contributed by atoms with Crippen molar-refractivity contribution in [3.8, 4) is 5.75 Å². The van der Waals surface area contributed by atoms with Crippen LogP contribution in [0.4, 0.5) is 0 Å². The van der Waals surface area contributed by atoms with E-state index in [1.807, 2.05) is 30.3 Å². The molecule has 0 bridgehead atoms. The normalized spacial score (nSPS) is 14.1. The molecule has 0 aliphatic carbocycles. The van der Waals surface area contributed by atoms with Gasteiger partial charge in [-0.3, -0.25) is 0 Å². The van der Waals surface area contributed by atoms with Gasteiger partial charge in [0.1, 0.15) is 5.75 Å². The van der Waals surface area contributed by atoms with Crippen molar-refractivity contribution in [1.82, 2.24) is 5.32 Å². The quantitative estimate of drug-likeness (QED) is 0.712. The predicted octanol–water partition coefficient (Wildman–Crippen LogP) is 2.28. The molecule has 2 N–H and O–H groups in total. The highest BCUT2D eigenvalue weighted by atomic mass is 16.5. The van der Waals surface area contributed by atoms with Gasteiger partial charge in [0, 0.05) is 12.6 Å². The van der Waals surface area contributed by atoms with Gasteiger partial charge in [-0.15, -0.1) is 6.58 Å². The van der Waals surface area contributed by atoms with Crippen molar-refractivity contribution in [3.05, 3.63) is 42.5 Å². The lowest BCUT2D eigenvalue weighted by Crippen LogP contribution is -2.29. The number of benzene rings is 1. The van der Waals surface area contributed by atoms with E-state index in [0.717, 1.165) is 17.7 Å². The SMILES string of the molecule is C=CCC(C)NCC(O)c1cccc(OC)c1. The minimum Gasteiger partial charge on any atom is -0.497 e. The smallest absolute Gasteiger partial charge is 0.119 e. The average Bonchev–Trinajstić information content (AvgIpc) is 2.36. The maximum atomic E-state index is 10.0. The van der Waals surface area contributed by atoms with Crippen molar-refractivity contribution in [1.29, 1.82) is 0 Å². The summed E-state index contributed by atoms with van der Waals surface area (Å²) in [5, 5.41) is 13.3. The molecule has 0 saturated carbocycles. The van der Waals surface area contributed by atoms with Crippen molar-refractivity contribution in [2.75, 3.05) is 13.7 Å². The van der Waals surface area contributed by atoms with E-state index in [0.29, 0.717) is 12.6 Å². The standard InChI is InChI=1S/C14H21NO2/c1-4-6-11(2)15-10-14(16)12-7-5-8-13(9-12)17-3/h4-5,7-9,11,14-16H,1,6,10H2,2-3H3. The van der Waals surface area contributed by atoms with Crippen LogP contribution in [0.1, 0.15) is 25.0 Å². The van der Waals surface area contributed by atoms with Crippen molar-refractivity contribution < 1.29 is 9.84 Å². The van der Waals surface area contributed by atoms with Gasteiger partial charge in [-0.25, -0.2) is 0 Å². The molecule has 17 heavy (non-hydrogen) atoms. The van der Waals surface area contributed by atoms with E-state index in [-0.39, 0.29) is 0 Å². The largest absolute Gasteiger partial charge is 0.497 e. The molecule has 3 nitrogen and oxygen atoms in total. The Morgan fingerprint density at radius 3 is 2.94 bits per heavy atom. The Bertz CT molecular complexity index is 352. The van der Waals surface area contributed by atoms with E-state index < -0.39 is 6.10 Å². The molecule has 0 spiro atoms. The first kappa shape index (κ1) is 13.7. The number of rotatable bonds is 7. The molecule has 0 aliphatic heterocycles. The summed E-state index contributed by atoms with van der Waals surface area (Å²) in [7, 11) is 1.62. The molecule has 0 amide bonds. The molecule has 0 saturated heterocycles. The fourth-order valence-corrected chi connectivity index (χ4v) is 1.61. The fraction of sp³-hybridized carbons (Fsp3) is 0.429. The van der Waals surface area contributed by atoms with Crippen LogP contribution in [-0.2, 0) is 0 Å². The highest BCUT2D eigenvalue weighted by Gasteiger charge is 2.09. The van der Waals surface area contributed by atoms with Crippen LogP contribution in [0, 0.1) is 0 Å². The average molecular weight is 235 g/mol. The molecule has 0 aliphatic rings. The van der Waals surface area contributed by atoms with Crippen molar-refractivity contribution >= 4 is 0 Å². The van der Waals surface area contributed by atoms with Crippen LogP contribution < -0.4 is 10.1 Å². The maximum absolute atomic E-state index is 10.0. The Kier molecular flexibility index (Phi) is 5.73. The second-order valence-electron chi connectivity index (χ2n) is 4.13. The van der Waals surface area contributed by atoms with E-state index in [9.17, 15) is 5.11 Å². The fourth-order valence-electron chi connectivity index (χ4n) is 1.61. The van der Waals surface area contributed by atoms with Gasteiger partial charge in [0.25, 0.3) is 0 Å². The molecule has 0 fully saturated rings. The second-order valence-corrected chi connectivity index (χ2v) is 4.13. The molecule has 3 heteroatoms. The molecule has 1 aromatic rings. The molecule has 0 aromatic heterocycles. The van der Waals surface area contributed by atoms with Gasteiger partial charge < -0.3 is 15.2 Å². The number of methoxy groups -OCH3 is 1. The molecule has 0 radical (unpaired) electrons. The van der Waals surface area contributed by atoms with Crippen molar-refractivity contribution in [2.45, 2.75) is 25.5 Å². The van der Waals surface area contributed by atoms with Gasteiger partial charge in [0.15, 0.2) is 0 Å². The molecule has 0 heterocycles. The highest BCUT2D eigenvalue weighted by Crippen LogP contribution is 2.18. The van der Waals surface area contributed by atoms with E-state index in [1.165, 1.54) is 0 Å². The van der Waals surface area contributed by atoms with Crippen molar-refractivity contribution in [2.24, 2.45) is 0 Å². The van der Waals surface area contributed by atoms with Crippen LogP contribution in [0.15, 0.2) is 36.9 Å². The predicted molar refractivity (Wildman–Crippen MR) is 70.2 cm³/mol. The summed E-state index contributed by atoms with van der Waals surface area (Å²) in [5.74, 6) is 0.765. The van der Waals surface area contributed by atoms with E-state index in [2.05, 4.69) is 18.8 Å². The first-order chi connectivity index (χ1) is 8.17. The Hall–Kier alpha value is -1.32. The maximum Gasteiger partial charge on any atom is 0.119 e. The second kappa shape index (κ2) is 7.09. The van der Waals surface area contributed by atoms with E-state index in [1.54, 1.807) is 7.11 Å². The van der Waals surface area contributed by atoms with E-state index >= 15 is 0 Å². The first-order valence-electron chi connectivity index (χ1n) is 5.83. The lowest BCUT2D eigenvalue weighted by Gasteiger charge is -2.16. The summed E-state index contributed by atoms with van der Waals surface area (Å²) in [5.41, 5.74) is 0.864. The Morgan fingerprint density at radius 2 is 2.29 bits per heavy atom. The Labute approximate surface area is 103 Å². The third kappa shape index (κ3) is 4.59. The Morgan fingerprint density at radius 1 is 1.53 bits per heavy atom. The zero-order valence-electron chi connectivity index (χ0n) is 10.5. The summed E-state index contributed by atoms with van der Waals surface area (Å²) in [6.45, 7) is 6.29. The molecule has 2 atom stereocenters. The van der Waals surface area contributed by atoms with E-state index in [4.69, 9.17) is 4.74 Å². The van der Waals surface area contributed by atoms with Crippen LogP contribution >= 0.6 is 0 Å². The molecule has 1 aromatic carbocycles. The lowest BCUT2D eigenvalue weighted by atomic mass is 10.1. The van der Waals surface area contributed by atoms with Crippen LogP contribution in [-0.4, -0.2) is 24.8 Å². The lowest BCUT2D eigenvalue weighted by molar-refractivity contribution is 0.170. The zero-order valence-corrected chi connectivity index (χ0v) is 10.5. The van der Waals surface area contributed by atoms with Crippen LogP contribution in [0.2, 0.25) is 0 Å². The monoisotopic (exact) mass is 235 g/mol. The first-order valence-corrected chi connectivity index (χ1v) is 5.83. The number of aliphatic hydroxyl groups excluding tert-OH is 1. The number of nitrogens with one attached hydrogen (secondary N) is 1. The molecule has 2 unspecified atom stereocenters. The number of hydrogen-bond acceptors (Lipinski definition) is 3. The van der Waals surface area contributed by atoms with Gasteiger partial charge in [-0.2, -0.15) is 0 Å². The van der Waals surface area contributed by atoms with Gasteiger partial charge in [-0.05, 0) is 31.0 Å². The summed E-state index contributed by atoms with van der Waals surface area (Å²) in [6, 6.07) is 7.82. The zero-order chi connectivity index (χ0) is 12.7. The van der Waals surface area contributed by atoms with Crippen LogP contribution in [0.25, 0.3) is 0 Å². The molecular weight excluding hydrogens is 214 g/mol. The highest BCUT2D eigenvalue weighted by molar-refractivity contribution is 5.29. The van der Waals surface area contributed by atoms with Crippen molar-refractivity contribution in [3.63, 3.8) is 0 Å². The molecule has 1 rings (SSSR count). The summed E-state index contributed by atoms with van der Waals surface area (Å²) in [4.78, 5) is 0. The molecular formula is C14H21NO2. The number of ether oxygens (including phenoxy) is 1. The van der Waals surface area contributed by atoms with Gasteiger partial charge >= 0.3 is 0 Å². The number of hydrogen-bond donors (Lipinski definition) is 2.